The summed E-state index contributed by atoms with van der Waals surface area (Å²) in [4.78, 5) is 8.52. The molecule has 5 heteroatoms. The summed E-state index contributed by atoms with van der Waals surface area (Å²) in [6.45, 7) is 4.58. The summed E-state index contributed by atoms with van der Waals surface area (Å²) in [5.41, 5.74) is 1.75. The minimum absolute atomic E-state index is 0.421. The van der Waals surface area contributed by atoms with Gasteiger partial charge < -0.3 is 5.32 Å². The number of hydrogen-bond donors (Lipinski definition) is 1. The Morgan fingerprint density at radius 1 is 1.38 bits per heavy atom. The lowest BCUT2D eigenvalue weighted by atomic mass is 10.3. The van der Waals surface area contributed by atoms with Gasteiger partial charge in [0.05, 0.1) is 17.1 Å². The summed E-state index contributed by atoms with van der Waals surface area (Å²) in [6, 6.07) is 0. The van der Waals surface area contributed by atoms with Crippen molar-refractivity contribution in [1.29, 1.82) is 0 Å². The fourth-order valence-corrected chi connectivity index (χ4v) is 1.81. The van der Waals surface area contributed by atoms with E-state index >= 15 is 0 Å². The van der Waals surface area contributed by atoms with E-state index in [1.165, 1.54) is 0 Å². The monoisotopic (exact) mass is 255 g/mol. The Hall–Kier alpha value is -0.920. The van der Waals surface area contributed by atoms with E-state index in [2.05, 4.69) is 21.2 Å². The van der Waals surface area contributed by atoms with Crippen LogP contribution in [0.15, 0.2) is 0 Å². The first-order valence-corrected chi connectivity index (χ1v) is 6.44. The molecule has 86 valence electrons. The number of aryl methyl sites for hydroxylation is 2. The zero-order chi connectivity index (χ0) is 12.0. The molecule has 0 aliphatic heterocycles. The molecule has 0 saturated heterocycles. The van der Waals surface area contributed by atoms with Crippen LogP contribution in [0, 0.1) is 26.2 Å². The average molecular weight is 256 g/mol. The van der Waals surface area contributed by atoms with Gasteiger partial charge in [-0.2, -0.15) is 0 Å². The number of terminal acetylenes is 1. The van der Waals surface area contributed by atoms with Crippen molar-refractivity contribution in [2.45, 2.75) is 13.8 Å². The normalized spacial score (nSPS) is 9.88. The van der Waals surface area contributed by atoms with E-state index in [1.54, 1.807) is 11.8 Å². The van der Waals surface area contributed by atoms with Gasteiger partial charge in [0.25, 0.3) is 0 Å². The fraction of sp³-hybridized carbons (Fsp3) is 0.455. The Morgan fingerprint density at radius 3 is 2.75 bits per heavy atom. The number of aromatic nitrogens is 2. The van der Waals surface area contributed by atoms with Crippen molar-refractivity contribution in [3.8, 4) is 12.3 Å². The quantitative estimate of drug-likeness (QED) is 0.648. The highest BCUT2D eigenvalue weighted by Gasteiger charge is 2.05. The van der Waals surface area contributed by atoms with E-state index in [0.29, 0.717) is 11.0 Å². The number of thioether (sulfide) groups is 1. The third-order valence-corrected chi connectivity index (χ3v) is 3.12. The number of rotatable bonds is 5. The van der Waals surface area contributed by atoms with Gasteiger partial charge in [0.1, 0.15) is 0 Å². The van der Waals surface area contributed by atoms with Crippen LogP contribution in [0.25, 0.3) is 0 Å². The minimum atomic E-state index is 0.421. The average Bonchev–Trinajstić information content (AvgIpc) is 2.25. The van der Waals surface area contributed by atoms with Gasteiger partial charge in [-0.3, -0.25) is 0 Å². The Morgan fingerprint density at radius 2 is 2.06 bits per heavy atom. The van der Waals surface area contributed by atoms with Gasteiger partial charge >= 0.3 is 0 Å². The molecule has 0 radical (unpaired) electrons. The Bertz CT molecular complexity index is 401. The first-order chi connectivity index (χ1) is 7.65. The van der Waals surface area contributed by atoms with Gasteiger partial charge in [-0.25, -0.2) is 9.97 Å². The fourth-order valence-electron chi connectivity index (χ4n) is 1.06. The van der Waals surface area contributed by atoms with E-state index in [4.69, 9.17) is 18.0 Å². The maximum absolute atomic E-state index is 5.97. The summed E-state index contributed by atoms with van der Waals surface area (Å²) >= 11 is 7.66. The number of halogens is 1. The number of anilines is 1. The molecule has 16 heavy (non-hydrogen) atoms. The molecule has 1 heterocycles. The topological polar surface area (TPSA) is 37.8 Å². The van der Waals surface area contributed by atoms with Crippen LogP contribution in [-0.2, 0) is 0 Å². The largest absolute Gasteiger partial charge is 0.367 e. The summed E-state index contributed by atoms with van der Waals surface area (Å²) in [5.74, 6) is 4.88. The maximum Gasteiger partial charge on any atom is 0.171 e. The van der Waals surface area contributed by atoms with Crippen molar-refractivity contribution in [2.24, 2.45) is 0 Å². The van der Waals surface area contributed by atoms with Gasteiger partial charge in [0.15, 0.2) is 11.0 Å². The highest BCUT2D eigenvalue weighted by Crippen LogP contribution is 2.18. The lowest BCUT2D eigenvalue weighted by molar-refractivity contribution is 1.03. The summed E-state index contributed by atoms with van der Waals surface area (Å²) in [5, 5.41) is 3.57. The maximum atomic E-state index is 5.97. The van der Waals surface area contributed by atoms with E-state index in [-0.39, 0.29) is 0 Å². The van der Waals surface area contributed by atoms with Crippen LogP contribution in [0.4, 0.5) is 5.82 Å². The zero-order valence-electron chi connectivity index (χ0n) is 9.38. The van der Waals surface area contributed by atoms with E-state index in [0.717, 1.165) is 29.4 Å². The molecule has 0 aromatic carbocycles. The first-order valence-electron chi connectivity index (χ1n) is 4.91. The third-order valence-electron chi connectivity index (χ3n) is 1.99. The molecule has 1 rings (SSSR count). The van der Waals surface area contributed by atoms with Crippen LogP contribution in [0.1, 0.15) is 11.4 Å². The van der Waals surface area contributed by atoms with E-state index < -0.39 is 0 Å². The molecule has 0 amide bonds. The molecule has 1 aromatic heterocycles. The summed E-state index contributed by atoms with van der Waals surface area (Å²) in [6.07, 6.45) is 5.15. The Balaban J connectivity index is 2.48. The van der Waals surface area contributed by atoms with Gasteiger partial charge in [0, 0.05) is 12.3 Å². The van der Waals surface area contributed by atoms with Crippen molar-refractivity contribution in [3.05, 3.63) is 16.5 Å². The predicted molar refractivity (Wildman–Crippen MR) is 71.2 cm³/mol. The van der Waals surface area contributed by atoms with E-state index in [1.807, 2.05) is 13.8 Å². The predicted octanol–water partition coefficient (Wildman–Crippen LogP) is 2.53. The highest BCUT2D eigenvalue weighted by atomic mass is 35.5. The highest BCUT2D eigenvalue weighted by molar-refractivity contribution is 7.99. The molecule has 0 spiro atoms. The molecule has 0 unspecified atom stereocenters. The lowest BCUT2D eigenvalue weighted by Gasteiger charge is -2.08. The number of nitrogens with zero attached hydrogens (tertiary/aromatic N) is 2. The molecular weight excluding hydrogens is 242 g/mol. The third kappa shape index (κ3) is 3.92. The molecule has 0 aliphatic carbocycles. The minimum Gasteiger partial charge on any atom is -0.367 e. The van der Waals surface area contributed by atoms with Crippen LogP contribution in [0.5, 0.6) is 0 Å². The molecule has 3 nitrogen and oxygen atoms in total. The molecule has 0 aliphatic rings. The molecule has 0 fully saturated rings. The lowest BCUT2D eigenvalue weighted by Crippen LogP contribution is -2.08. The second kappa shape index (κ2) is 6.62. The Kier molecular flexibility index (Phi) is 5.44. The zero-order valence-corrected chi connectivity index (χ0v) is 11.0. The van der Waals surface area contributed by atoms with Crippen molar-refractivity contribution in [2.75, 3.05) is 23.4 Å². The Labute approximate surface area is 105 Å². The van der Waals surface area contributed by atoms with Gasteiger partial charge in [-0.05, 0) is 13.8 Å². The van der Waals surface area contributed by atoms with E-state index in [9.17, 15) is 0 Å². The number of hydrogen-bond acceptors (Lipinski definition) is 4. The van der Waals surface area contributed by atoms with Crippen LogP contribution < -0.4 is 5.32 Å². The standard InChI is InChI=1S/C11H14ClN3S/c1-4-6-16-7-5-13-11-10(12)14-8(2)9(3)15-11/h1H,5-7H2,2-3H3,(H,13,15). The molecular formula is C11H14ClN3S. The van der Waals surface area contributed by atoms with Crippen LogP contribution in [-0.4, -0.2) is 28.0 Å². The SMILES string of the molecule is C#CCSCCNc1nc(C)c(C)nc1Cl. The van der Waals surface area contributed by atoms with Crippen LogP contribution in [0.3, 0.4) is 0 Å². The van der Waals surface area contributed by atoms with Crippen LogP contribution >= 0.6 is 23.4 Å². The molecule has 1 N–H and O–H groups in total. The smallest absolute Gasteiger partial charge is 0.171 e. The number of nitrogens with one attached hydrogen (secondary N) is 1. The van der Waals surface area contributed by atoms with Gasteiger partial charge in [-0.1, -0.05) is 17.5 Å². The summed E-state index contributed by atoms with van der Waals surface area (Å²) in [7, 11) is 0. The molecule has 0 saturated carbocycles. The first kappa shape index (κ1) is 13.1. The molecule has 1 aromatic rings. The van der Waals surface area contributed by atoms with Crippen LogP contribution in [0.2, 0.25) is 5.15 Å². The second-order valence-electron chi connectivity index (χ2n) is 3.22. The van der Waals surface area contributed by atoms with Crippen molar-refractivity contribution < 1.29 is 0 Å². The van der Waals surface area contributed by atoms with Crippen molar-refractivity contribution in [3.63, 3.8) is 0 Å². The van der Waals surface area contributed by atoms with Crippen molar-refractivity contribution >= 4 is 29.2 Å². The molecule has 0 bridgehead atoms. The van der Waals surface area contributed by atoms with Crippen molar-refractivity contribution in [1.82, 2.24) is 9.97 Å². The molecule has 0 atom stereocenters. The van der Waals surface area contributed by atoms with Gasteiger partial charge in [0.2, 0.25) is 0 Å². The second-order valence-corrected chi connectivity index (χ2v) is 4.68. The van der Waals surface area contributed by atoms with Gasteiger partial charge in [-0.15, -0.1) is 18.2 Å². The summed E-state index contributed by atoms with van der Waals surface area (Å²) < 4.78 is 0.